The summed E-state index contributed by atoms with van der Waals surface area (Å²) >= 11 is 7.15. The molecule has 3 nitrogen and oxygen atoms in total. The van der Waals surface area contributed by atoms with E-state index in [2.05, 4.69) is 11.4 Å². The second kappa shape index (κ2) is 8.11. The molecule has 1 aliphatic heterocycles. The highest BCUT2D eigenvalue weighted by Gasteiger charge is 2.34. The molecule has 1 heterocycles. The molecule has 0 aromatic heterocycles. The van der Waals surface area contributed by atoms with E-state index in [-0.39, 0.29) is 29.1 Å². The Labute approximate surface area is 168 Å². The van der Waals surface area contributed by atoms with Crippen molar-refractivity contribution in [2.24, 2.45) is 0 Å². The van der Waals surface area contributed by atoms with Gasteiger partial charge in [-0.25, -0.2) is 4.39 Å². The normalized spacial score (nSPS) is 17.7. The molecule has 0 saturated heterocycles. The van der Waals surface area contributed by atoms with Gasteiger partial charge in [0.15, 0.2) is 0 Å². The number of carbonyl (C=O) groups is 1. The van der Waals surface area contributed by atoms with Gasteiger partial charge in [0.2, 0.25) is 5.91 Å². The molecule has 1 amide bonds. The third-order valence-corrected chi connectivity index (χ3v) is 5.68. The number of carbonyl (C=O) groups excluding carboxylic acids is 1. The number of aryl methyl sites for hydroxylation is 1. The minimum Gasteiger partial charge on any atom is -0.487 e. The monoisotopic (exact) mass is 407 g/mol. The first-order chi connectivity index (χ1) is 12.7. The van der Waals surface area contributed by atoms with E-state index in [9.17, 15) is 9.18 Å². The molecule has 1 atom stereocenters. The standard InChI is InChI=1S/C21H23ClFNO2S/c1-13-4-7-19-16(8-13)18(10-21(2,3)26-19)24-20(25)12-27-11-14-5-6-15(22)9-17(14)23/h4-9,18H,10-12H2,1-3H3,(H,24,25)/t18-/m1/s1. The molecule has 0 spiro atoms. The zero-order valence-corrected chi connectivity index (χ0v) is 17.2. The minimum absolute atomic E-state index is 0.0653. The van der Waals surface area contributed by atoms with Crippen molar-refractivity contribution in [2.45, 2.75) is 44.6 Å². The molecule has 6 heteroatoms. The number of thioether (sulfide) groups is 1. The van der Waals surface area contributed by atoms with Crippen LogP contribution in [-0.2, 0) is 10.5 Å². The topological polar surface area (TPSA) is 38.3 Å². The van der Waals surface area contributed by atoms with Crippen molar-refractivity contribution in [1.29, 1.82) is 0 Å². The molecule has 144 valence electrons. The van der Waals surface area contributed by atoms with Crippen molar-refractivity contribution in [3.05, 3.63) is 63.9 Å². The van der Waals surface area contributed by atoms with E-state index in [0.29, 0.717) is 22.8 Å². The smallest absolute Gasteiger partial charge is 0.230 e. The van der Waals surface area contributed by atoms with Crippen LogP contribution in [0.2, 0.25) is 5.02 Å². The third kappa shape index (κ3) is 5.17. The number of ether oxygens (including phenoxy) is 1. The molecule has 2 aromatic rings. The van der Waals surface area contributed by atoms with E-state index in [1.54, 1.807) is 12.1 Å². The van der Waals surface area contributed by atoms with Crippen LogP contribution in [0.5, 0.6) is 5.75 Å². The number of amides is 1. The molecule has 0 unspecified atom stereocenters. The first kappa shape index (κ1) is 20.0. The summed E-state index contributed by atoms with van der Waals surface area (Å²) in [4.78, 5) is 12.5. The van der Waals surface area contributed by atoms with E-state index in [0.717, 1.165) is 16.9 Å². The summed E-state index contributed by atoms with van der Waals surface area (Å²) in [7, 11) is 0. The van der Waals surface area contributed by atoms with Crippen molar-refractivity contribution in [3.8, 4) is 5.75 Å². The molecule has 1 aliphatic rings. The van der Waals surface area contributed by atoms with Crippen LogP contribution in [0.15, 0.2) is 36.4 Å². The number of nitrogens with one attached hydrogen (secondary N) is 1. The first-order valence-electron chi connectivity index (χ1n) is 8.84. The first-order valence-corrected chi connectivity index (χ1v) is 10.4. The Kier molecular flexibility index (Phi) is 6.02. The van der Waals surface area contributed by atoms with Gasteiger partial charge in [-0.05, 0) is 44.5 Å². The average molecular weight is 408 g/mol. The van der Waals surface area contributed by atoms with Gasteiger partial charge < -0.3 is 10.1 Å². The van der Waals surface area contributed by atoms with Crippen LogP contribution >= 0.6 is 23.4 Å². The lowest BCUT2D eigenvalue weighted by Gasteiger charge is -2.38. The molecule has 1 N–H and O–H groups in total. The summed E-state index contributed by atoms with van der Waals surface area (Å²) < 4.78 is 19.9. The Morgan fingerprint density at radius 3 is 2.85 bits per heavy atom. The minimum atomic E-state index is -0.347. The van der Waals surface area contributed by atoms with Crippen LogP contribution in [0.3, 0.4) is 0 Å². The molecule has 0 aliphatic carbocycles. The largest absolute Gasteiger partial charge is 0.487 e. The third-order valence-electron chi connectivity index (χ3n) is 4.46. The van der Waals surface area contributed by atoms with E-state index in [4.69, 9.17) is 16.3 Å². The fourth-order valence-corrected chi connectivity index (χ4v) is 4.21. The van der Waals surface area contributed by atoms with E-state index < -0.39 is 0 Å². The number of hydrogen-bond acceptors (Lipinski definition) is 3. The summed E-state index contributed by atoms with van der Waals surface area (Å²) in [5.41, 5.74) is 2.34. The van der Waals surface area contributed by atoms with Gasteiger partial charge in [0.1, 0.15) is 17.2 Å². The number of hydrogen-bond donors (Lipinski definition) is 1. The molecule has 3 rings (SSSR count). The van der Waals surface area contributed by atoms with Gasteiger partial charge in [-0.15, -0.1) is 11.8 Å². The Hall–Kier alpha value is -1.72. The highest BCUT2D eigenvalue weighted by Crippen LogP contribution is 2.39. The van der Waals surface area contributed by atoms with E-state index >= 15 is 0 Å². The molecule has 0 radical (unpaired) electrons. The van der Waals surface area contributed by atoms with Gasteiger partial charge in [0, 0.05) is 22.8 Å². The number of benzene rings is 2. The quantitative estimate of drug-likeness (QED) is 0.717. The lowest BCUT2D eigenvalue weighted by Crippen LogP contribution is -2.41. The molecule has 0 bridgehead atoms. The summed E-state index contributed by atoms with van der Waals surface area (Å²) in [6, 6.07) is 10.5. The molecular formula is C21H23ClFNO2S. The lowest BCUT2D eigenvalue weighted by atomic mass is 9.89. The van der Waals surface area contributed by atoms with Crippen molar-refractivity contribution >= 4 is 29.3 Å². The van der Waals surface area contributed by atoms with Crippen LogP contribution in [-0.4, -0.2) is 17.3 Å². The van der Waals surface area contributed by atoms with Crippen LogP contribution in [0.1, 0.15) is 43.0 Å². The van der Waals surface area contributed by atoms with E-state index in [1.165, 1.54) is 17.8 Å². The van der Waals surface area contributed by atoms with Crippen LogP contribution in [0.25, 0.3) is 0 Å². The van der Waals surface area contributed by atoms with Crippen LogP contribution in [0.4, 0.5) is 4.39 Å². The molecule has 0 saturated carbocycles. The fourth-order valence-electron chi connectivity index (χ4n) is 3.23. The Morgan fingerprint density at radius 2 is 2.11 bits per heavy atom. The lowest BCUT2D eigenvalue weighted by molar-refractivity contribution is -0.119. The molecule has 0 fully saturated rings. The van der Waals surface area contributed by atoms with Crippen molar-refractivity contribution < 1.29 is 13.9 Å². The van der Waals surface area contributed by atoms with Gasteiger partial charge >= 0.3 is 0 Å². The van der Waals surface area contributed by atoms with Gasteiger partial charge in [0.25, 0.3) is 0 Å². The predicted octanol–water partition coefficient (Wildman–Crippen LogP) is 5.44. The zero-order chi connectivity index (χ0) is 19.6. The fraction of sp³-hybridized carbons (Fsp3) is 0.381. The zero-order valence-electron chi connectivity index (χ0n) is 15.6. The second-order valence-electron chi connectivity index (χ2n) is 7.46. The van der Waals surface area contributed by atoms with Crippen molar-refractivity contribution in [1.82, 2.24) is 5.32 Å². The van der Waals surface area contributed by atoms with Crippen LogP contribution in [0, 0.1) is 12.7 Å². The predicted molar refractivity (Wildman–Crippen MR) is 109 cm³/mol. The average Bonchev–Trinajstić information content (AvgIpc) is 2.57. The van der Waals surface area contributed by atoms with E-state index in [1.807, 2.05) is 32.9 Å². The highest BCUT2D eigenvalue weighted by molar-refractivity contribution is 7.99. The maximum absolute atomic E-state index is 13.8. The van der Waals surface area contributed by atoms with Gasteiger partial charge in [0.05, 0.1) is 11.8 Å². The van der Waals surface area contributed by atoms with Gasteiger partial charge in [-0.2, -0.15) is 0 Å². The number of halogens is 2. The van der Waals surface area contributed by atoms with Gasteiger partial charge in [-0.3, -0.25) is 4.79 Å². The Morgan fingerprint density at radius 1 is 1.33 bits per heavy atom. The summed E-state index contributed by atoms with van der Waals surface area (Å²) in [6.07, 6.45) is 0.700. The summed E-state index contributed by atoms with van der Waals surface area (Å²) in [6.45, 7) is 6.06. The number of fused-ring (bicyclic) bond motifs is 1. The SMILES string of the molecule is Cc1ccc2c(c1)[C@H](NC(=O)CSCc1ccc(Cl)cc1F)CC(C)(C)O2. The van der Waals surface area contributed by atoms with Crippen molar-refractivity contribution in [3.63, 3.8) is 0 Å². The highest BCUT2D eigenvalue weighted by atomic mass is 35.5. The summed E-state index contributed by atoms with van der Waals surface area (Å²) in [5.74, 6) is 1.10. The molecule has 2 aromatic carbocycles. The number of rotatable bonds is 5. The maximum atomic E-state index is 13.8. The Bertz CT molecular complexity index is 856. The maximum Gasteiger partial charge on any atom is 0.230 e. The Balaban J connectivity index is 1.61. The molecular weight excluding hydrogens is 385 g/mol. The second-order valence-corrected chi connectivity index (χ2v) is 8.88. The summed E-state index contributed by atoms with van der Waals surface area (Å²) in [5, 5.41) is 3.48. The van der Waals surface area contributed by atoms with Crippen LogP contribution < -0.4 is 10.1 Å². The molecule has 27 heavy (non-hydrogen) atoms. The van der Waals surface area contributed by atoms with Crippen molar-refractivity contribution in [2.75, 3.05) is 5.75 Å². The van der Waals surface area contributed by atoms with Gasteiger partial charge in [-0.1, -0.05) is 35.4 Å².